The Morgan fingerprint density at radius 2 is 1.69 bits per heavy atom. The first-order valence-corrected chi connectivity index (χ1v) is 12.8. The maximum absolute atomic E-state index is 13.1. The first-order valence-electron chi connectivity index (χ1n) is 12.8. The topological polar surface area (TPSA) is 81.9 Å². The van der Waals surface area contributed by atoms with E-state index in [1.807, 2.05) is 65.2 Å². The summed E-state index contributed by atoms with van der Waals surface area (Å²) in [6.07, 6.45) is 3.27. The van der Waals surface area contributed by atoms with E-state index in [1.165, 1.54) is 6.33 Å². The van der Waals surface area contributed by atoms with Crippen LogP contribution in [-0.2, 0) is 6.54 Å². The molecule has 192 valence electrons. The number of nitrogens with one attached hydrogen (secondary N) is 1. The fourth-order valence-electron chi connectivity index (χ4n) is 4.87. The third-order valence-corrected chi connectivity index (χ3v) is 6.88. The maximum atomic E-state index is 13.1. The zero-order valence-corrected chi connectivity index (χ0v) is 21.7. The molecule has 6 rings (SSSR count). The van der Waals surface area contributed by atoms with Gasteiger partial charge in [0.2, 0.25) is 0 Å². The van der Waals surface area contributed by atoms with Crippen LogP contribution in [-0.4, -0.2) is 26.6 Å². The summed E-state index contributed by atoms with van der Waals surface area (Å²) in [7, 11) is 1.65. The zero-order chi connectivity index (χ0) is 26.8. The Morgan fingerprint density at radius 1 is 0.923 bits per heavy atom. The van der Waals surface area contributed by atoms with E-state index in [4.69, 9.17) is 9.72 Å². The number of benzene rings is 3. The van der Waals surface area contributed by atoms with Crippen molar-refractivity contribution in [3.63, 3.8) is 0 Å². The van der Waals surface area contributed by atoms with E-state index in [0.717, 1.165) is 39.0 Å². The van der Waals surface area contributed by atoms with Crippen LogP contribution >= 0.6 is 0 Å². The molecule has 0 aliphatic carbocycles. The van der Waals surface area contributed by atoms with Crippen molar-refractivity contribution in [3.8, 4) is 17.0 Å². The fourth-order valence-corrected chi connectivity index (χ4v) is 4.87. The maximum Gasteiger partial charge on any atom is 0.194 e. The summed E-state index contributed by atoms with van der Waals surface area (Å²) < 4.78 is 7.23. The van der Waals surface area contributed by atoms with Gasteiger partial charge in [-0.3, -0.25) is 4.79 Å². The largest absolute Gasteiger partial charge is 0.497 e. The van der Waals surface area contributed by atoms with E-state index in [9.17, 15) is 4.79 Å². The van der Waals surface area contributed by atoms with E-state index >= 15 is 0 Å². The molecular formula is C32H27N5O2. The molecule has 1 unspecified atom stereocenters. The summed E-state index contributed by atoms with van der Waals surface area (Å²) in [5.41, 5.74) is 5.37. The molecule has 7 heteroatoms. The molecule has 0 spiro atoms. The monoisotopic (exact) mass is 513 g/mol. The molecule has 7 nitrogen and oxygen atoms in total. The predicted molar refractivity (Wildman–Crippen MR) is 155 cm³/mol. The minimum atomic E-state index is -0.190. The molecule has 0 radical (unpaired) electrons. The highest BCUT2D eigenvalue weighted by atomic mass is 16.5. The average Bonchev–Trinajstić information content (AvgIpc) is 2.98. The SMILES string of the molecule is COc1ccc(Cn2ccc(=O)c3c(NC(C)c4cc5ccccc5nc4-c4ccccc4)ncnc32)cc1. The van der Waals surface area contributed by atoms with Gasteiger partial charge in [-0.25, -0.2) is 15.0 Å². The van der Waals surface area contributed by atoms with Crippen LogP contribution in [0.4, 0.5) is 5.82 Å². The van der Waals surface area contributed by atoms with Crippen LogP contribution in [0.3, 0.4) is 0 Å². The second-order valence-electron chi connectivity index (χ2n) is 9.43. The number of hydrogen-bond acceptors (Lipinski definition) is 6. The first-order chi connectivity index (χ1) is 19.1. The molecule has 1 atom stereocenters. The number of para-hydroxylation sites is 1. The van der Waals surface area contributed by atoms with Crippen molar-refractivity contribution in [2.45, 2.75) is 19.5 Å². The Hall–Kier alpha value is -5.04. The summed E-state index contributed by atoms with van der Waals surface area (Å²) in [5, 5.41) is 5.01. The molecule has 3 heterocycles. The van der Waals surface area contributed by atoms with Crippen LogP contribution in [0.2, 0.25) is 0 Å². The van der Waals surface area contributed by atoms with Crippen molar-refractivity contribution in [2.75, 3.05) is 12.4 Å². The van der Waals surface area contributed by atoms with Crippen LogP contribution in [0.25, 0.3) is 33.2 Å². The lowest BCUT2D eigenvalue weighted by Gasteiger charge is -2.20. The Bertz CT molecular complexity index is 1830. The number of methoxy groups -OCH3 is 1. The highest BCUT2D eigenvalue weighted by Gasteiger charge is 2.18. The van der Waals surface area contributed by atoms with Gasteiger partial charge >= 0.3 is 0 Å². The van der Waals surface area contributed by atoms with E-state index in [-0.39, 0.29) is 11.5 Å². The van der Waals surface area contributed by atoms with Crippen LogP contribution in [0.5, 0.6) is 5.75 Å². The van der Waals surface area contributed by atoms with Crippen LogP contribution in [0, 0.1) is 0 Å². The van der Waals surface area contributed by atoms with Crippen molar-refractivity contribution in [1.29, 1.82) is 0 Å². The summed E-state index contributed by atoms with van der Waals surface area (Å²) in [6.45, 7) is 2.62. The summed E-state index contributed by atoms with van der Waals surface area (Å²) >= 11 is 0. The second-order valence-corrected chi connectivity index (χ2v) is 9.43. The van der Waals surface area contributed by atoms with Crippen molar-refractivity contribution in [3.05, 3.63) is 125 Å². The number of hydrogen-bond donors (Lipinski definition) is 1. The standard InChI is InChI=1S/C32H27N5O2/c1-21(26-18-24-10-6-7-11-27(24)36-30(26)23-8-4-3-5-9-23)35-31-29-28(38)16-17-37(32(29)34-20-33-31)19-22-12-14-25(39-2)15-13-22/h3-18,20-21H,19H2,1-2H3,(H,33,34,35). The van der Waals surface area contributed by atoms with Crippen molar-refractivity contribution in [1.82, 2.24) is 19.5 Å². The third-order valence-electron chi connectivity index (χ3n) is 6.88. The number of fused-ring (bicyclic) bond motifs is 2. The van der Waals surface area contributed by atoms with Crippen LogP contribution in [0.15, 0.2) is 108 Å². The molecule has 0 fully saturated rings. The quantitative estimate of drug-likeness (QED) is 0.272. The molecule has 0 saturated heterocycles. The Morgan fingerprint density at radius 3 is 2.49 bits per heavy atom. The predicted octanol–water partition coefficient (Wildman–Crippen LogP) is 6.24. The Labute approximate surface area is 225 Å². The van der Waals surface area contributed by atoms with E-state index < -0.39 is 0 Å². The molecular weight excluding hydrogens is 486 g/mol. The summed E-state index contributed by atoms with van der Waals surface area (Å²) in [4.78, 5) is 27.1. The summed E-state index contributed by atoms with van der Waals surface area (Å²) in [6, 6.07) is 29.6. The lowest BCUT2D eigenvalue weighted by Crippen LogP contribution is -2.16. The molecule has 6 aromatic rings. The van der Waals surface area contributed by atoms with Crippen molar-refractivity contribution < 1.29 is 4.74 Å². The van der Waals surface area contributed by atoms with E-state index in [2.05, 4.69) is 46.5 Å². The van der Waals surface area contributed by atoms with Crippen LogP contribution < -0.4 is 15.5 Å². The van der Waals surface area contributed by atoms with Crippen molar-refractivity contribution >= 4 is 27.8 Å². The van der Waals surface area contributed by atoms with Gasteiger partial charge in [-0.2, -0.15) is 0 Å². The first kappa shape index (κ1) is 24.3. The summed E-state index contributed by atoms with van der Waals surface area (Å²) in [5.74, 6) is 1.29. The van der Waals surface area contributed by atoms with Gasteiger partial charge in [0, 0.05) is 35.3 Å². The van der Waals surface area contributed by atoms with Gasteiger partial charge in [-0.15, -0.1) is 0 Å². The molecule has 3 aromatic carbocycles. The van der Waals surface area contributed by atoms with Gasteiger partial charge in [-0.1, -0.05) is 60.7 Å². The minimum Gasteiger partial charge on any atom is -0.497 e. The number of nitrogens with zero attached hydrogens (tertiary/aromatic N) is 4. The smallest absolute Gasteiger partial charge is 0.194 e. The third kappa shape index (κ3) is 4.82. The number of pyridine rings is 2. The fraction of sp³-hybridized carbons (Fsp3) is 0.125. The Balaban J connectivity index is 1.40. The molecule has 1 N–H and O–H groups in total. The van der Waals surface area contributed by atoms with Crippen LogP contribution in [0.1, 0.15) is 24.1 Å². The molecule has 0 amide bonds. The normalized spacial score (nSPS) is 11.9. The molecule has 0 saturated carbocycles. The van der Waals surface area contributed by atoms with E-state index in [1.54, 1.807) is 19.4 Å². The molecule has 3 aromatic heterocycles. The second kappa shape index (κ2) is 10.4. The lowest BCUT2D eigenvalue weighted by molar-refractivity contribution is 0.414. The lowest BCUT2D eigenvalue weighted by atomic mass is 9.98. The number of aromatic nitrogens is 4. The molecule has 39 heavy (non-hydrogen) atoms. The molecule has 0 aliphatic heterocycles. The zero-order valence-electron chi connectivity index (χ0n) is 21.7. The Kier molecular flexibility index (Phi) is 6.47. The van der Waals surface area contributed by atoms with Crippen molar-refractivity contribution in [2.24, 2.45) is 0 Å². The number of rotatable bonds is 7. The highest BCUT2D eigenvalue weighted by Crippen LogP contribution is 2.32. The molecule has 0 aliphatic rings. The number of ether oxygens (including phenoxy) is 1. The molecule has 0 bridgehead atoms. The van der Waals surface area contributed by atoms with Gasteiger partial charge in [-0.05, 0) is 36.8 Å². The average molecular weight is 514 g/mol. The minimum absolute atomic E-state index is 0.133. The van der Waals surface area contributed by atoms with Gasteiger partial charge < -0.3 is 14.6 Å². The van der Waals surface area contributed by atoms with Gasteiger partial charge in [0.05, 0.1) is 24.4 Å². The van der Waals surface area contributed by atoms with Gasteiger partial charge in [0.15, 0.2) is 5.43 Å². The van der Waals surface area contributed by atoms with Gasteiger partial charge in [0.1, 0.15) is 28.9 Å². The van der Waals surface area contributed by atoms with E-state index in [0.29, 0.717) is 23.4 Å². The highest BCUT2D eigenvalue weighted by molar-refractivity contribution is 5.87. The number of anilines is 1. The van der Waals surface area contributed by atoms with Gasteiger partial charge in [0.25, 0.3) is 0 Å².